The Morgan fingerprint density at radius 1 is 1.06 bits per heavy atom. The van der Waals surface area contributed by atoms with Gasteiger partial charge in [-0.15, -0.1) is 11.8 Å². The smallest absolute Gasteiger partial charge is 0.255 e. The van der Waals surface area contributed by atoms with Crippen molar-refractivity contribution < 1.29 is 18.0 Å². The van der Waals surface area contributed by atoms with E-state index in [-0.39, 0.29) is 16.7 Å². The molecule has 2 amide bonds. The molecule has 1 fully saturated rings. The number of benzene rings is 2. The molecule has 0 radical (unpaired) electrons. The number of rotatable bonds is 5. The van der Waals surface area contributed by atoms with E-state index in [1.807, 2.05) is 13.0 Å². The quantitative estimate of drug-likeness (QED) is 0.739. The highest BCUT2D eigenvalue weighted by atomic mass is 32.2. The second-order valence-corrected chi connectivity index (χ2v) is 10.5. The highest BCUT2D eigenvalue weighted by Crippen LogP contribution is 2.36. The Hall–Kier alpha value is -2.36. The first-order chi connectivity index (χ1) is 14.9. The zero-order valence-corrected chi connectivity index (χ0v) is 19.0. The number of carbonyl (C=O) groups is 2. The summed E-state index contributed by atoms with van der Waals surface area (Å²) in [4.78, 5) is 27.8. The van der Waals surface area contributed by atoms with Gasteiger partial charge in [0.1, 0.15) is 0 Å². The molecule has 0 saturated carbocycles. The fraction of sp³-hybridized carbons (Fsp3) is 0.364. The van der Waals surface area contributed by atoms with Crippen LogP contribution in [0.5, 0.6) is 0 Å². The molecule has 0 bridgehead atoms. The summed E-state index contributed by atoms with van der Waals surface area (Å²) in [6.07, 6.45) is 2.82. The standard InChI is InChI=1S/C22H25N3O4S2/c1-2-25-19-14-16(6-11-20(19)30-15-21(25)26)22(27)23-17-7-9-18(10-8-17)31(28,29)24-12-4-3-5-13-24/h6-11,14H,2-5,12-13,15H2,1H3,(H,23,27). The van der Waals surface area contributed by atoms with Crippen LogP contribution in [-0.2, 0) is 14.8 Å². The van der Waals surface area contributed by atoms with Crippen molar-refractivity contribution in [3.8, 4) is 0 Å². The maximum absolute atomic E-state index is 12.8. The molecule has 9 heteroatoms. The number of fused-ring (bicyclic) bond motifs is 1. The van der Waals surface area contributed by atoms with Gasteiger partial charge < -0.3 is 10.2 Å². The Labute approximate surface area is 186 Å². The largest absolute Gasteiger partial charge is 0.322 e. The zero-order valence-electron chi connectivity index (χ0n) is 17.3. The fourth-order valence-corrected chi connectivity index (χ4v) is 6.29. The summed E-state index contributed by atoms with van der Waals surface area (Å²) >= 11 is 1.47. The molecule has 0 aliphatic carbocycles. The number of piperidine rings is 1. The summed E-state index contributed by atoms with van der Waals surface area (Å²) in [7, 11) is -3.50. The van der Waals surface area contributed by atoms with Crippen LogP contribution < -0.4 is 10.2 Å². The molecule has 164 valence electrons. The van der Waals surface area contributed by atoms with E-state index in [2.05, 4.69) is 5.32 Å². The minimum absolute atomic E-state index is 0.0306. The summed E-state index contributed by atoms with van der Waals surface area (Å²) in [5.41, 5.74) is 1.70. The number of hydrogen-bond donors (Lipinski definition) is 1. The maximum atomic E-state index is 12.8. The van der Waals surface area contributed by atoms with Gasteiger partial charge in [0.05, 0.1) is 16.3 Å². The summed E-state index contributed by atoms with van der Waals surface area (Å²) in [5.74, 6) is 0.121. The number of amides is 2. The molecular weight excluding hydrogens is 434 g/mol. The molecule has 31 heavy (non-hydrogen) atoms. The summed E-state index contributed by atoms with van der Waals surface area (Å²) in [5, 5.41) is 2.81. The minimum atomic E-state index is -3.50. The van der Waals surface area contributed by atoms with Crippen LogP contribution in [0.2, 0.25) is 0 Å². The van der Waals surface area contributed by atoms with Crippen LogP contribution in [0.15, 0.2) is 52.3 Å². The third-order valence-electron chi connectivity index (χ3n) is 5.55. The molecule has 2 aliphatic heterocycles. The normalized spacial score (nSPS) is 17.3. The van der Waals surface area contributed by atoms with E-state index in [1.54, 1.807) is 29.2 Å². The highest BCUT2D eigenvalue weighted by molar-refractivity contribution is 8.00. The van der Waals surface area contributed by atoms with E-state index in [4.69, 9.17) is 0 Å². The first-order valence-corrected chi connectivity index (χ1v) is 12.8. The van der Waals surface area contributed by atoms with Gasteiger partial charge in [-0.2, -0.15) is 4.31 Å². The molecule has 0 spiro atoms. The Balaban J connectivity index is 1.49. The summed E-state index contributed by atoms with van der Waals surface area (Å²) in [6, 6.07) is 11.6. The molecule has 1 saturated heterocycles. The SMILES string of the molecule is CCN1C(=O)CSc2ccc(C(=O)Nc3ccc(S(=O)(=O)N4CCCCC4)cc3)cc21. The molecular formula is C22H25N3O4S2. The van der Waals surface area contributed by atoms with E-state index in [0.717, 1.165) is 29.8 Å². The number of anilines is 2. The van der Waals surface area contributed by atoms with Crippen molar-refractivity contribution in [3.63, 3.8) is 0 Å². The van der Waals surface area contributed by atoms with E-state index in [0.29, 0.717) is 36.6 Å². The molecule has 0 aromatic heterocycles. The van der Waals surface area contributed by atoms with Crippen LogP contribution in [0.25, 0.3) is 0 Å². The Morgan fingerprint density at radius 3 is 2.45 bits per heavy atom. The van der Waals surface area contributed by atoms with Crippen LogP contribution in [0.1, 0.15) is 36.5 Å². The average Bonchev–Trinajstić information content (AvgIpc) is 2.79. The number of sulfonamides is 1. The summed E-state index contributed by atoms with van der Waals surface area (Å²) < 4.78 is 27.1. The summed E-state index contributed by atoms with van der Waals surface area (Å²) in [6.45, 7) is 3.55. The average molecular weight is 460 g/mol. The number of nitrogens with zero attached hydrogens (tertiary/aromatic N) is 2. The molecule has 0 atom stereocenters. The van der Waals surface area contributed by atoms with E-state index in [1.165, 1.54) is 28.2 Å². The Morgan fingerprint density at radius 2 is 1.77 bits per heavy atom. The number of hydrogen-bond acceptors (Lipinski definition) is 5. The van der Waals surface area contributed by atoms with Gasteiger partial charge >= 0.3 is 0 Å². The van der Waals surface area contributed by atoms with Crippen molar-refractivity contribution in [1.29, 1.82) is 0 Å². The maximum Gasteiger partial charge on any atom is 0.255 e. The van der Waals surface area contributed by atoms with Gasteiger partial charge in [-0.05, 0) is 62.2 Å². The topological polar surface area (TPSA) is 86.8 Å². The molecule has 2 aromatic rings. The second-order valence-electron chi connectivity index (χ2n) is 7.55. The first kappa shape index (κ1) is 21.9. The lowest BCUT2D eigenvalue weighted by atomic mass is 10.1. The van der Waals surface area contributed by atoms with Gasteiger partial charge in [0, 0.05) is 35.8 Å². The van der Waals surface area contributed by atoms with Crippen LogP contribution in [-0.4, -0.2) is 49.9 Å². The van der Waals surface area contributed by atoms with E-state index >= 15 is 0 Å². The molecule has 7 nitrogen and oxygen atoms in total. The number of thioether (sulfide) groups is 1. The highest BCUT2D eigenvalue weighted by Gasteiger charge is 2.26. The number of nitrogens with one attached hydrogen (secondary N) is 1. The third-order valence-corrected chi connectivity index (χ3v) is 8.51. The van der Waals surface area contributed by atoms with Crippen molar-refractivity contribution in [1.82, 2.24) is 4.31 Å². The Bertz CT molecular complexity index is 1090. The van der Waals surface area contributed by atoms with Crippen LogP contribution in [0.4, 0.5) is 11.4 Å². The van der Waals surface area contributed by atoms with Crippen molar-refractivity contribution >= 4 is 45.0 Å². The van der Waals surface area contributed by atoms with Crippen molar-refractivity contribution in [2.45, 2.75) is 36.0 Å². The monoisotopic (exact) mass is 459 g/mol. The lowest BCUT2D eigenvalue weighted by Crippen LogP contribution is -2.35. The van der Waals surface area contributed by atoms with Gasteiger partial charge in [0.2, 0.25) is 15.9 Å². The molecule has 2 heterocycles. The van der Waals surface area contributed by atoms with Gasteiger partial charge in [-0.3, -0.25) is 9.59 Å². The van der Waals surface area contributed by atoms with Crippen LogP contribution in [0, 0.1) is 0 Å². The van der Waals surface area contributed by atoms with Crippen LogP contribution in [0.3, 0.4) is 0 Å². The Kier molecular flexibility index (Phi) is 6.36. The van der Waals surface area contributed by atoms with Crippen LogP contribution >= 0.6 is 11.8 Å². The van der Waals surface area contributed by atoms with E-state index < -0.39 is 10.0 Å². The second kappa shape index (κ2) is 9.02. The molecule has 2 aromatic carbocycles. The lowest BCUT2D eigenvalue weighted by Gasteiger charge is -2.28. The van der Waals surface area contributed by atoms with Crippen molar-refractivity contribution in [2.24, 2.45) is 0 Å². The van der Waals surface area contributed by atoms with Gasteiger partial charge in [0.15, 0.2) is 0 Å². The third kappa shape index (κ3) is 4.49. The van der Waals surface area contributed by atoms with Crippen molar-refractivity contribution in [2.75, 3.05) is 35.6 Å². The van der Waals surface area contributed by atoms with E-state index in [9.17, 15) is 18.0 Å². The van der Waals surface area contributed by atoms with Gasteiger partial charge in [-0.25, -0.2) is 8.42 Å². The predicted octanol–water partition coefficient (Wildman–Crippen LogP) is 3.57. The van der Waals surface area contributed by atoms with Crippen molar-refractivity contribution in [3.05, 3.63) is 48.0 Å². The van der Waals surface area contributed by atoms with Gasteiger partial charge in [0.25, 0.3) is 5.91 Å². The first-order valence-electron chi connectivity index (χ1n) is 10.4. The molecule has 0 unspecified atom stereocenters. The predicted molar refractivity (Wildman–Crippen MR) is 122 cm³/mol. The van der Waals surface area contributed by atoms with Gasteiger partial charge in [-0.1, -0.05) is 6.42 Å². The lowest BCUT2D eigenvalue weighted by molar-refractivity contribution is -0.116. The zero-order chi connectivity index (χ0) is 22.0. The minimum Gasteiger partial charge on any atom is -0.322 e. The fourth-order valence-electron chi connectivity index (χ4n) is 3.86. The molecule has 4 rings (SSSR count). The molecule has 2 aliphatic rings. The molecule has 1 N–H and O–H groups in total. The number of carbonyl (C=O) groups excluding carboxylic acids is 2.